The van der Waals surface area contributed by atoms with Crippen molar-refractivity contribution in [3.63, 3.8) is 0 Å². The van der Waals surface area contributed by atoms with Gasteiger partial charge in [-0.05, 0) is 40.7 Å². The van der Waals surface area contributed by atoms with Crippen molar-refractivity contribution in [3.05, 3.63) is 0 Å². The number of carbonyl (C=O) groups is 1. The van der Waals surface area contributed by atoms with Gasteiger partial charge in [-0.1, -0.05) is 0 Å². The van der Waals surface area contributed by atoms with Gasteiger partial charge in [0.05, 0.1) is 12.0 Å². The Morgan fingerprint density at radius 1 is 1.38 bits per heavy atom. The Hall–Kier alpha value is -0.610. The van der Waals surface area contributed by atoms with Gasteiger partial charge in [-0.25, -0.2) is 0 Å². The molecule has 1 fully saturated rings. The van der Waals surface area contributed by atoms with Crippen molar-refractivity contribution in [2.45, 2.75) is 52.3 Å². The first-order valence-electron chi connectivity index (χ1n) is 6.12. The van der Waals surface area contributed by atoms with Crippen molar-refractivity contribution in [1.82, 2.24) is 4.90 Å². The van der Waals surface area contributed by atoms with Crippen molar-refractivity contribution in [3.8, 4) is 0 Å². The first-order chi connectivity index (χ1) is 7.41. The highest BCUT2D eigenvalue weighted by atomic mass is 16.5. The van der Waals surface area contributed by atoms with Crippen LogP contribution in [0.1, 0.15) is 34.1 Å². The molecule has 0 aromatic heterocycles. The zero-order valence-corrected chi connectivity index (χ0v) is 10.8. The van der Waals surface area contributed by atoms with Gasteiger partial charge in [0.1, 0.15) is 0 Å². The Morgan fingerprint density at radius 2 is 2.00 bits per heavy atom. The quantitative estimate of drug-likeness (QED) is 0.732. The summed E-state index contributed by atoms with van der Waals surface area (Å²) in [6.07, 6.45) is 0.810. The second-order valence-corrected chi connectivity index (χ2v) is 5.13. The molecular formula is C12H24N2O2. The second kappa shape index (κ2) is 5.64. The van der Waals surface area contributed by atoms with Crippen LogP contribution in [0.25, 0.3) is 0 Å². The fourth-order valence-corrected chi connectivity index (χ4v) is 2.03. The van der Waals surface area contributed by atoms with Gasteiger partial charge in [-0.2, -0.15) is 0 Å². The fraction of sp³-hybridized carbons (Fsp3) is 0.917. The van der Waals surface area contributed by atoms with Crippen molar-refractivity contribution < 1.29 is 9.53 Å². The molecule has 1 aliphatic heterocycles. The van der Waals surface area contributed by atoms with E-state index in [0.29, 0.717) is 6.04 Å². The maximum absolute atomic E-state index is 11.9. The minimum Gasteiger partial charge on any atom is -0.463 e. The van der Waals surface area contributed by atoms with Crippen LogP contribution in [0.4, 0.5) is 0 Å². The Morgan fingerprint density at radius 3 is 2.50 bits per heavy atom. The van der Waals surface area contributed by atoms with Crippen LogP contribution in [0.5, 0.6) is 0 Å². The topological polar surface area (TPSA) is 55.6 Å². The summed E-state index contributed by atoms with van der Waals surface area (Å²) in [6, 6.07) is 0.406. The normalized spacial score (nSPS) is 27.4. The summed E-state index contributed by atoms with van der Waals surface area (Å²) in [4.78, 5) is 14.1. The van der Waals surface area contributed by atoms with Crippen molar-refractivity contribution in [1.29, 1.82) is 0 Å². The molecular weight excluding hydrogens is 204 g/mol. The summed E-state index contributed by atoms with van der Waals surface area (Å²) in [6.45, 7) is 9.72. The maximum Gasteiger partial charge on any atom is 0.312 e. The van der Waals surface area contributed by atoms with Gasteiger partial charge < -0.3 is 10.5 Å². The summed E-state index contributed by atoms with van der Waals surface area (Å²) in [5.74, 6) is -0.314. The number of nitrogens with zero attached hydrogens (tertiary/aromatic N) is 1. The number of carbonyl (C=O) groups excluding carboxylic acids is 1. The Bertz CT molecular complexity index is 241. The van der Waals surface area contributed by atoms with Crippen LogP contribution in [0.2, 0.25) is 0 Å². The highest BCUT2D eigenvalue weighted by Gasteiger charge is 2.34. The number of hydrogen-bond donors (Lipinski definition) is 1. The smallest absolute Gasteiger partial charge is 0.312 e. The summed E-state index contributed by atoms with van der Waals surface area (Å²) in [7, 11) is 0. The molecule has 0 amide bonds. The molecule has 0 aromatic carbocycles. The van der Waals surface area contributed by atoms with E-state index in [1.807, 2.05) is 13.8 Å². The molecule has 2 N–H and O–H groups in total. The van der Waals surface area contributed by atoms with E-state index in [1.165, 1.54) is 0 Å². The molecule has 1 heterocycles. The number of piperidine rings is 1. The van der Waals surface area contributed by atoms with Crippen LogP contribution in [0.15, 0.2) is 0 Å². The van der Waals surface area contributed by atoms with Crippen LogP contribution in [0, 0.1) is 5.92 Å². The van der Waals surface area contributed by atoms with Crippen LogP contribution in [-0.2, 0) is 9.53 Å². The number of esters is 1. The Labute approximate surface area is 98.1 Å². The zero-order valence-electron chi connectivity index (χ0n) is 10.8. The lowest BCUT2D eigenvalue weighted by Crippen LogP contribution is -2.52. The van der Waals surface area contributed by atoms with E-state index < -0.39 is 0 Å². The van der Waals surface area contributed by atoms with E-state index in [0.717, 1.165) is 19.5 Å². The molecule has 0 unspecified atom stereocenters. The van der Waals surface area contributed by atoms with E-state index in [2.05, 4.69) is 18.7 Å². The van der Waals surface area contributed by atoms with Gasteiger partial charge >= 0.3 is 5.97 Å². The number of hydrogen-bond acceptors (Lipinski definition) is 4. The van der Waals surface area contributed by atoms with Gasteiger partial charge in [0.2, 0.25) is 0 Å². The molecule has 2 atom stereocenters. The standard InChI is InChI=1S/C12H24N2O2/c1-8(2)14-6-5-11(13)10(7-14)12(15)16-9(3)4/h8-11H,5-7,13H2,1-4H3/t10-,11-/m1/s1. The van der Waals surface area contributed by atoms with Gasteiger partial charge in [-0.3, -0.25) is 9.69 Å². The number of nitrogens with two attached hydrogens (primary N) is 1. The summed E-state index contributed by atoms with van der Waals surface area (Å²) in [5.41, 5.74) is 5.99. The predicted molar refractivity (Wildman–Crippen MR) is 64.0 cm³/mol. The van der Waals surface area contributed by atoms with E-state index in [9.17, 15) is 4.79 Å². The van der Waals surface area contributed by atoms with Gasteiger partial charge in [0.25, 0.3) is 0 Å². The number of rotatable bonds is 3. The lowest BCUT2D eigenvalue weighted by Gasteiger charge is -2.38. The average molecular weight is 228 g/mol. The fourth-order valence-electron chi connectivity index (χ4n) is 2.03. The lowest BCUT2D eigenvalue weighted by molar-refractivity contribution is -0.155. The van der Waals surface area contributed by atoms with E-state index in [-0.39, 0.29) is 24.0 Å². The lowest BCUT2D eigenvalue weighted by atomic mass is 9.92. The highest BCUT2D eigenvalue weighted by molar-refractivity contribution is 5.73. The zero-order chi connectivity index (χ0) is 12.3. The molecule has 4 heteroatoms. The Kier molecular flexibility index (Phi) is 4.74. The first kappa shape index (κ1) is 13.5. The van der Waals surface area contributed by atoms with Gasteiger partial charge in [-0.15, -0.1) is 0 Å². The maximum atomic E-state index is 11.9. The number of likely N-dealkylation sites (tertiary alicyclic amines) is 1. The minimum absolute atomic E-state index is 0.0544. The third-order valence-corrected chi connectivity index (χ3v) is 3.08. The van der Waals surface area contributed by atoms with Gasteiger partial charge in [0, 0.05) is 18.6 Å². The predicted octanol–water partition coefficient (Wildman–Crippen LogP) is 0.996. The summed E-state index contributed by atoms with van der Waals surface area (Å²) < 4.78 is 5.24. The third kappa shape index (κ3) is 3.46. The summed E-state index contributed by atoms with van der Waals surface area (Å²) in [5, 5.41) is 0. The molecule has 0 spiro atoms. The van der Waals surface area contributed by atoms with Crippen LogP contribution >= 0.6 is 0 Å². The van der Waals surface area contributed by atoms with Crippen LogP contribution in [0.3, 0.4) is 0 Å². The average Bonchev–Trinajstić information content (AvgIpc) is 2.16. The molecule has 94 valence electrons. The number of ether oxygens (including phenoxy) is 1. The van der Waals surface area contributed by atoms with E-state index >= 15 is 0 Å². The largest absolute Gasteiger partial charge is 0.463 e. The van der Waals surface area contributed by atoms with Crippen molar-refractivity contribution in [2.75, 3.05) is 13.1 Å². The molecule has 0 bridgehead atoms. The third-order valence-electron chi connectivity index (χ3n) is 3.08. The highest BCUT2D eigenvalue weighted by Crippen LogP contribution is 2.19. The Balaban J connectivity index is 2.58. The molecule has 1 aliphatic rings. The minimum atomic E-state index is -0.168. The molecule has 0 radical (unpaired) electrons. The van der Waals surface area contributed by atoms with Crippen molar-refractivity contribution >= 4 is 5.97 Å². The second-order valence-electron chi connectivity index (χ2n) is 5.13. The first-order valence-corrected chi connectivity index (χ1v) is 6.12. The molecule has 1 saturated heterocycles. The van der Waals surface area contributed by atoms with E-state index in [1.54, 1.807) is 0 Å². The molecule has 0 saturated carbocycles. The van der Waals surface area contributed by atoms with Crippen molar-refractivity contribution in [2.24, 2.45) is 11.7 Å². The van der Waals surface area contributed by atoms with E-state index in [4.69, 9.17) is 10.5 Å². The molecule has 16 heavy (non-hydrogen) atoms. The molecule has 4 nitrogen and oxygen atoms in total. The molecule has 0 aromatic rings. The molecule has 1 rings (SSSR count). The SMILES string of the molecule is CC(C)OC(=O)[C@@H]1CN(C(C)C)CC[C@H]1N. The van der Waals surface area contributed by atoms with Crippen LogP contribution < -0.4 is 5.73 Å². The molecule has 0 aliphatic carbocycles. The van der Waals surface area contributed by atoms with Crippen LogP contribution in [-0.4, -0.2) is 42.1 Å². The van der Waals surface area contributed by atoms with Gasteiger partial charge in [0.15, 0.2) is 0 Å². The monoisotopic (exact) mass is 228 g/mol. The summed E-state index contributed by atoms with van der Waals surface area (Å²) >= 11 is 0.